The fourth-order valence-electron chi connectivity index (χ4n) is 0.749. The van der Waals surface area contributed by atoms with E-state index >= 15 is 0 Å². The van der Waals surface area contributed by atoms with Gasteiger partial charge in [-0.2, -0.15) is 0 Å². The van der Waals surface area contributed by atoms with Crippen LogP contribution in [0.3, 0.4) is 0 Å². The highest BCUT2D eigenvalue weighted by Crippen LogP contribution is 2.21. The molecule has 1 saturated heterocycles. The van der Waals surface area contributed by atoms with Crippen molar-refractivity contribution in [2.24, 2.45) is 0 Å². The summed E-state index contributed by atoms with van der Waals surface area (Å²) in [5, 5.41) is 1.98. The van der Waals surface area contributed by atoms with Crippen molar-refractivity contribution in [1.82, 2.24) is 10.4 Å². The van der Waals surface area contributed by atoms with Gasteiger partial charge in [0.05, 0.1) is 0 Å². The maximum absolute atomic E-state index is 4.03. The molecule has 53 valence electrons. The first-order valence-corrected chi connectivity index (χ1v) is 4.77. The van der Waals surface area contributed by atoms with Crippen molar-refractivity contribution >= 4 is 29.1 Å². The van der Waals surface area contributed by atoms with Crippen molar-refractivity contribution in [3.05, 3.63) is 10.9 Å². The Labute approximate surface area is 67.6 Å². The van der Waals surface area contributed by atoms with E-state index in [4.69, 9.17) is 0 Å². The molecule has 1 aromatic rings. The number of thiazole rings is 1. The second-order valence-corrected chi connectivity index (χ2v) is 3.52. The quantitative estimate of drug-likeness (QED) is 0.637. The van der Waals surface area contributed by atoms with Crippen molar-refractivity contribution in [3.8, 4) is 0 Å². The van der Waals surface area contributed by atoms with Gasteiger partial charge in [0.15, 0.2) is 11.3 Å². The molecule has 10 heavy (non-hydrogen) atoms. The van der Waals surface area contributed by atoms with Crippen LogP contribution in [0.2, 0.25) is 0 Å². The lowest BCUT2D eigenvalue weighted by molar-refractivity contribution is 0.821. The first-order valence-electron chi connectivity index (χ1n) is 2.95. The summed E-state index contributed by atoms with van der Waals surface area (Å²) in [7, 11) is 0. The average Bonchev–Trinajstić information content (AvgIpc) is 2.59. The Hall–Kier alpha value is -0.260. The highest BCUT2D eigenvalue weighted by molar-refractivity contribution is 8.00. The van der Waals surface area contributed by atoms with E-state index in [0.717, 1.165) is 18.1 Å². The minimum Gasteiger partial charge on any atom is -0.231 e. The number of hydrogen-bond acceptors (Lipinski definition) is 5. The fourth-order valence-corrected chi connectivity index (χ4v) is 2.05. The highest BCUT2D eigenvalue weighted by Gasteiger charge is 2.13. The molecular formula is C5H6N3S2. The van der Waals surface area contributed by atoms with Gasteiger partial charge in [-0.3, -0.25) is 0 Å². The lowest BCUT2D eigenvalue weighted by atomic mass is 10.8. The molecule has 1 fully saturated rings. The summed E-state index contributed by atoms with van der Waals surface area (Å²) in [6.07, 6.45) is 0. The molecule has 1 aliphatic rings. The molecule has 0 amide bonds. The number of hydrogen-bond donors (Lipinski definition) is 1. The molecule has 0 aromatic carbocycles. The Kier molecular flexibility index (Phi) is 1.79. The van der Waals surface area contributed by atoms with Crippen LogP contribution < -0.4 is 9.84 Å². The van der Waals surface area contributed by atoms with Crippen LogP contribution >= 0.6 is 23.3 Å². The van der Waals surface area contributed by atoms with Gasteiger partial charge < -0.3 is 0 Å². The Morgan fingerprint density at radius 1 is 1.80 bits per heavy atom. The zero-order chi connectivity index (χ0) is 6.81. The SMILES string of the molecule is [c]1nc(N2NCCS2)cs1. The highest BCUT2D eigenvalue weighted by atomic mass is 32.2. The average molecular weight is 172 g/mol. The van der Waals surface area contributed by atoms with Gasteiger partial charge >= 0.3 is 0 Å². The normalized spacial score (nSPS) is 18.2. The van der Waals surface area contributed by atoms with Crippen molar-refractivity contribution in [1.29, 1.82) is 0 Å². The Morgan fingerprint density at radius 3 is 3.40 bits per heavy atom. The number of aromatic nitrogens is 1. The van der Waals surface area contributed by atoms with Gasteiger partial charge in [-0.05, 0) is 11.9 Å². The fraction of sp³-hybridized carbons (Fsp3) is 0.400. The molecule has 1 radical (unpaired) electrons. The van der Waals surface area contributed by atoms with Crippen molar-refractivity contribution in [2.75, 3.05) is 16.7 Å². The van der Waals surface area contributed by atoms with Crippen LogP contribution in [0, 0.1) is 5.51 Å². The third kappa shape index (κ3) is 1.12. The third-order valence-electron chi connectivity index (χ3n) is 1.16. The van der Waals surface area contributed by atoms with Gasteiger partial charge in [-0.15, -0.1) is 11.3 Å². The maximum Gasteiger partial charge on any atom is 0.165 e. The van der Waals surface area contributed by atoms with E-state index in [9.17, 15) is 0 Å². The summed E-state index contributed by atoms with van der Waals surface area (Å²) >= 11 is 3.24. The zero-order valence-electron chi connectivity index (χ0n) is 5.20. The maximum atomic E-state index is 4.03. The molecule has 2 heterocycles. The number of anilines is 1. The lowest BCUT2D eigenvalue weighted by Gasteiger charge is -2.10. The monoisotopic (exact) mass is 172 g/mol. The molecule has 1 aromatic heterocycles. The minimum absolute atomic E-state index is 0.965. The molecule has 0 spiro atoms. The standard InChI is InChI=1S/C5H6N3S2/c1-2-10-8(7-1)5-3-9-4-6-5/h3,7H,1-2H2. The molecule has 1 N–H and O–H groups in total. The van der Waals surface area contributed by atoms with E-state index in [1.165, 1.54) is 11.3 Å². The van der Waals surface area contributed by atoms with E-state index in [-0.39, 0.29) is 0 Å². The van der Waals surface area contributed by atoms with Gasteiger partial charge in [0, 0.05) is 17.7 Å². The molecule has 2 rings (SSSR count). The topological polar surface area (TPSA) is 28.2 Å². The lowest BCUT2D eigenvalue weighted by Crippen LogP contribution is -2.25. The molecule has 1 aliphatic heterocycles. The van der Waals surface area contributed by atoms with E-state index in [1.54, 1.807) is 11.9 Å². The molecule has 0 unspecified atom stereocenters. The molecule has 3 nitrogen and oxygen atoms in total. The molecule has 0 aliphatic carbocycles. The Balaban J connectivity index is 2.12. The van der Waals surface area contributed by atoms with Crippen LogP contribution in [-0.2, 0) is 0 Å². The predicted octanol–water partition coefficient (Wildman–Crippen LogP) is 0.916. The number of hydrazine groups is 1. The summed E-state index contributed by atoms with van der Waals surface area (Å²) in [5.74, 6) is 2.09. The second kappa shape index (κ2) is 2.77. The van der Waals surface area contributed by atoms with Crippen LogP contribution in [0.5, 0.6) is 0 Å². The van der Waals surface area contributed by atoms with E-state index in [1.807, 2.05) is 9.79 Å². The van der Waals surface area contributed by atoms with Crippen LogP contribution in [0.25, 0.3) is 0 Å². The summed E-state index contributed by atoms with van der Waals surface area (Å²) in [6.45, 7) is 1.03. The molecule has 5 heteroatoms. The van der Waals surface area contributed by atoms with Crippen LogP contribution in [0.15, 0.2) is 5.38 Å². The Morgan fingerprint density at radius 2 is 2.80 bits per heavy atom. The molecule has 0 atom stereocenters. The predicted molar refractivity (Wildman–Crippen MR) is 43.9 cm³/mol. The molecule has 0 saturated carbocycles. The van der Waals surface area contributed by atoms with Gasteiger partial charge in [0.25, 0.3) is 0 Å². The Bertz CT molecular complexity index is 193. The number of rotatable bonds is 1. The van der Waals surface area contributed by atoms with E-state index in [2.05, 4.69) is 15.9 Å². The third-order valence-corrected chi connectivity index (χ3v) is 2.65. The van der Waals surface area contributed by atoms with Crippen LogP contribution in [0.4, 0.5) is 5.82 Å². The number of nitrogens with zero attached hydrogens (tertiary/aromatic N) is 2. The van der Waals surface area contributed by atoms with Crippen molar-refractivity contribution < 1.29 is 0 Å². The minimum atomic E-state index is 0.965. The van der Waals surface area contributed by atoms with Gasteiger partial charge in [-0.1, -0.05) is 0 Å². The van der Waals surface area contributed by atoms with Crippen LogP contribution in [-0.4, -0.2) is 17.3 Å². The van der Waals surface area contributed by atoms with E-state index in [0.29, 0.717) is 0 Å². The largest absolute Gasteiger partial charge is 0.231 e. The summed E-state index contributed by atoms with van der Waals surface area (Å²) < 4.78 is 1.98. The summed E-state index contributed by atoms with van der Waals surface area (Å²) in [5.41, 5.74) is 5.98. The first-order chi connectivity index (χ1) is 4.97. The van der Waals surface area contributed by atoms with Crippen molar-refractivity contribution in [2.45, 2.75) is 0 Å². The zero-order valence-corrected chi connectivity index (χ0v) is 6.84. The van der Waals surface area contributed by atoms with Gasteiger partial charge in [0.1, 0.15) is 0 Å². The molecular weight excluding hydrogens is 166 g/mol. The molecule has 0 bridgehead atoms. The second-order valence-electron chi connectivity index (χ2n) is 1.83. The van der Waals surface area contributed by atoms with Gasteiger partial charge in [-0.25, -0.2) is 14.8 Å². The smallest absolute Gasteiger partial charge is 0.165 e. The number of nitrogens with one attached hydrogen (secondary N) is 1. The van der Waals surface area contributed by atoms with Gasteiger partial charge in [0.2, 0.25) is 0 Å². The first kappa shape index (κ1) is 6.45. The van der Waals surface area contributed by atoms with E-state index < -0.39 is 0 Å². The van der Waals surface area contributed by atoms with Crippen LogP contribution in [0.1, 0.15) is 0 Å². The summed E-state index contributed by atoms with van der Waals surface area (Å²) in [6, 6.07) is 0. The van der Waals surface area contributed by atoms with Crippen molar-refractivity contribution in [3.63, 3.8) is 0 Å². The summed E-state index contributed by atoms with van der Waals surface area (Å²) in [4.78, 5) is 4.03.